The molecule has 0 aromatic heterocycles. The number of rotatable bonds is 4. The minimum atomic E-state index is -0.550. The summed E-state index contributed by atoms with van der Waals surface area (Å²) < 4.78 is 5.36. The molecule has 1 fully saturated rings. The van der Waals surface area contributed by atoms with Crippen molar-refractivity contribution in [2.24, 2.45) is 5.92 Å². The van der Waals surface area contributed by atoms with E-state index in [0.29, 0.717) is 11.8 Å². The minimum Gasteiger partial charge on any atom is -0.425 e. The van der Waals surface area contributed by atoms with Crippen molar-refractivity contribution < 1.29 is 19.1 Å². The van der Waals surface area contributed by atoms with Gasteiger partial charge in [0, 0.05) is 18.7 Å². The zero-order chi connectivity index (χ0) is 18.0. The second-order valence-corrected chi connectivity index (χ2v) is 6.22. The number of carbonyl (C=O) groups excluding carboxylic acids is 3. The molecule has 3 rings (SSSR count). The van der Waals surface area contributed by atoms with Crippen molar-refractivity contribution >= 4 is 23.9 Å². The number of para-hydroxylation sites is 2. The van der Waals surface area contributed by atoms with E-state index < -0.39 is 11.9 Å². The molecule has 1 aliphatic heterocycles. The molecule has 0 N–H and O–H groups in total. The van der Waals surface area contributed by atoms with Crippen molar-refractivity contribution in [1.82, 2.24) is 0 Å². The van der Waals surface area contributed by atoms with Gasteiger partial charge < -0.3 is 9.64 Å². The van der Waals surface area contributed by atoms with Gasteiger partial charge in [-0.3, -0.25) is 14.4 Å². The molecule has 0 saturated carbocycles. The topological polar surface area (TPSA) is 63.7 Å². The third-order valence-corrected chi connectivity index (χ3v) is 4.42. The van der Waals surface area contributed by atoms with Crippen LogP contribution in [-0.2, 0) is 9.59 Å². The fraction of sp³-hybridized carbons (Fsp3) is 0.250. The summed E-state index contributed by atoms with van der Waals surface area (Å²) in [5.74, 6) is -0.911. The predicted molar refractivity (Wildman–Crippen MR) is 93.8 cm³/mol. The summed E-state index contributed by atoms with van der Waals surface area (Å²) >= 11 is 0. The maximum atomic E-state index is 12.5. The Hall–Kier alpha value is -2.95. The molecule has 0 spiro atoms. The summed E-state index contributed by atoms with van der Waals surface area (Å²) in [6, 6.07) is 12.4. The Bertz CT molecular complexity index is 823. The van der Waals surface area contributed by atoms with Gasteiger partial charge >= 0.3 is 5.97 Å². The van der Waals surface area contributed by atoms with E-state index in [1.165, 1.54) is 0 Å². The molecule has 1 atom stereocenters. The van der Waals surface area contributed by atoms with E-state index in [2.05, 4.69) is 0 Å². The number of nitrogens with zero attached hydrogens (tertiary/aromatic N) is 1. The molecule has 5 heteroatoms. The van der Waals surface area contributed by atoms with Crippen LogP contribution in [-0.4, -0.2) is 24.7 Å². The first-order valence-corrected chi connectivity index (χ1v) is 8.13. The lowest BCUT2D eigenvalue weighted by Crippen LogP contribution is -2.28. The largest absolute Gasteiger partial charge is 0.425 e. The number of amides is 1. The van der Waals surface area contributed by atoms with Crippen LogP contribution in [0, 0.1) is 19.8 Å². The Labute approximate surface area is 146 Å². The maximum Gasteiger partial charge on any atom is 0.316 e. The van der Waals surface area contributed by atoms with Gasteiger partial charge in [0.1, 0.15) is 5.75 Å². The predicted octanol–water partition coefficient (Wildman–Crippen LogP) is 3.07. The van der Waals surface area contributed by atoms with E-state index in [1.54, 1.807) is 29.2 Å². The van der Waals surface area contributed by atoms with Crippen molar-refractivity contribution in [3.63, 3.8) is 0 Å². The van der Waals surface area contributed by atoms with Crippen molar-refractivity contribution in [2.45, 2.75) is 20.3 Å². The maximum absolute atomic E-state index is 12.5. The molecule has 2 aromatic carbocycles. The van der Waals surface area contributed by atoms with Crippen LogP contribution in [0.4, 0.5) is 5.69 Å². The van der Waals surface area contributed by atoms with E-state index in [1.807, 2.05) is 32.0 Å². The SMILES string of the molecule is Cc1cccc(C)c1N1C[C@@H](C(=O)Oc2ccccc2C=O)CC1=O. The van der Waals surface area contributed by atoms with E-state index in [9.17, 15) is 14.4 Å². The van der Waals surface area contributed by atoms with Crippen LogP contribution < -0.4 is 9.64 Å². The van der Waals surface area contributed by atoms with Gasteiger partial charge in [0.05, 0.1) is 11.5 Å². The number of aryl methyl sites for hydroxylation is 2. The molecule has 0 bridgehead atoms. The highest BCUT2D eigenvalue weighted by molar-refractivity contribution is 6.01. The molecule has 1 aliphatic rings. The normalized spacial score (nSPS) is 16.8. The quantitative estimate of drug-likeness (QED) is 0.489. The second-order valence-electron chi connectivity index (χ2n) is 6.22. The highest BCUT2D eigenvalue weighted by Gasteiger charge is 2.37. The summed E-state index contributed by atoms with van der Waals surface area (Å²) in [4.78, 5) is 37.6. The third-order valence-electron chi connectivity index (χ3n) is 4.42. The van der Waals surface area contributed by atoms with Gasteiger partial charge in [-0.2, -0.15) is 0 Å². The van der Waals surface area contributed by atoms with E-state index in [0.717, 1.165) is 16.8 Å². The van der Waals surface area contributed by atoms with Crippen LogP contribution in [0.3, 0.4) is 0 Å². The summed E-state index contributed by atoms with van der Waals surface area (Å²) in [5.41, 5.74) is 3.16. The number of ether oxygens (including phenoxy) is 1. The Morgan fingerprint density at radius 2 is 1.80 bits per heavy atom. The Kier molecular flexibility index (Phi) is 4.65. The van der Waals surface area contributed by atoms with Gasteiger partial charge in [-0.15, -0.1) is 0 Å². The van der Waals surface area contributed by atoms with Crippen molar-refractivity contribution in [3.05, 3.63) is 59.2 Å². The molecule has 25 heavy (non-hydrogen) atoms. The lowest BCUT2D eigenvalue weighted by Gasteiger charge is -2.21. The number of hydrogen-bond acceptors (Lipinski definition) is 4. The van der Waals surface area contributed by atoms with Gasteiger partial charge in [-0.25, -0.2) is 0 Å². The lowest BCUT2D eigenvalue weighted by atomic mass is 10.1. The molecule has 0 radical (unpaired) electrons. The number of carbonyl (C=O) groups is 3. The summed E-state index contributed by atoms with van der Waals surface area (Å²) in [6.07, 6.45) is 0.751. The third kappa shape index (κ3) is 3.31. The Balaban J connectivity index is 1.78. The lowest BCUT2D eigenvalue weighted by molar-refractivity contribution is -0.139. The van der Waals surface area contributed by atoms with E-state index >= 15 is 0 Å². The van der Waals surface area contributed by atoms with Gasteiger partial charge in [0.2, 0.25) is 5.91 Å². The van der Waals surface area contributed by atoms with Gasteiger partial charge in [-0.05, 0) is 37.1 Å². The fourth-order valence-corrected chi connectivity index (χ4v) is 3.18. The average Bonchev–Trinajstić information content (AvgIpc) is 2.97. The first kappa shape index (κ1) is 16.9. The van der Waals surface area contributed by atoms with Crippen LogP contribution in [0.15, 0.2) is 42.5 Å². The van der Waals surface area contributed by atoms with Crippen LogP contribution in [0.25, 0.3) is 0 Å². The summed E-state index contributed by atoms with van der Waals surface area (Å²) in [6.45, 7) is 4.18. The Morgan fingerprint density at radius 3 is 2.48 bits per heavy atom. The highest BCUT2D eigenvalue weighted by atomic mass is 16.5. The molecule has 1 heterocycles. The molecule has 2 aromatic rings. The van der Waals surface area contributed by atoms with Gasteiger partial charge in [0.25, 0.3) is 0 Å². The number of esters is 1. The molecule has 1 saturated heterocycles. The van der Waals surface area contributed by atoms with Crippen LogP contribution in [0.1, 0.15) is 27.9 Å². The summed E-state index contributed by atoms with van der Waals surface area (Å²) in [7, 11) is 0. The molecule has 1 amide bonds. The standard InChI is InChI=1S/C20H19NO4/c1-13-6-5-7-14(2)19(13)21-11-16(10-18(21)23)20(24)25-17-9-4-3-8-15(17)12-22/h3-9,12,16H,10-11H2,1-2H3/t16-/m0/s1. The van der Waals surface area contributed by atoms with Gasteiger partial charge in [-0.1, -0.05) is 30.3 Å². The number of hydrogen-bond donors (Lipinski definition) is 0. The van der Waals surface area contributed by atoms with Crippen LogP contribution in [0.2, 0.25) is 0 Å². The number of anilines is 1. The fourth-order valence-electron chi connectivity index (χ4n) is 3.18. The molecule has 0 unspecified atom stereocenters. The molecule has 0 aliphatic carbocycles. The monoisotopic (exact) mass is 337 g/mol. The number of benzene rings is 2. The number of aldehydes is 1. The minimum absolute atomic E-state index is 0.0944. The van der Waals surface area contributed by atoms with E-state index in [4.69, 9.17) is 4.74 Å². The smallest absolute Gasteiger partial charge is 0.316 e. The zero-order valence-corrected chi connectivity index (χ0v) is 14.2. The molecular formula is C20H19NO4. The second kappa shape index (κ2) is 6.89. The molecule has 5 nitrogen and oxygen atoms in total. The highest BCUT2D eigenvalue weighted by Crippen LogP contribution is 2.31. The van der Waals surface area contributed by atoms with Gasteiger partial charge in [0.15, 0.2) is 6.29 Å². The van der Waals surface area contributed by atoms with E-state index in [-0.39, 0.29) is 24.6 Å². The molecule has 128 valence electrons. The summed E-state index contributed by atoms with van der Waals surface area (Å²) in [5, 5.41) is 0. The van der Waals surface area contributed by atoms with Crippen LogP contribution >= 0.6 is 0 Å². The van der Waals surface area contributed by atoms with Crippen LogP contribution in [0.5, 0.6) is 5.75 Å². The Morgan fingerprint density at radius 1 is 1.12 bits per heavy atom. The van der Waals surface area contributed by atoms with Crippen molar-refractivity contribution in [2.75, 3.05) is 11.4 Å². The average molecular weight is 337 g/mol. The first-order valence-electron chi connectivity index (χ1n) is 8.13. The van der Waals surface area contributed by atoms with Crippen molar-refractivity contribution in [3.8, 4) is 5.75 Å². The zero-order valence-electron chi connectivity index (χ0n) is 14.2. The first-order chi connectivity index (χ1) is 12.0. The molecular weight excluding hydrogens is 318 g/mol. The van der Waals surface area contributed by atoms with Crippen molar-refractivity contribution in [1.29, 1.82) is 0 Å².